The lowest BCUT2D eigenvalue weighted by Gasteiger charge is -2.37. The van der Waals surface area contributed by atoms with E-state index in [4.69, 9.17) is 0 Å². The normalized spacial score (nSPS) is 15.4. The molecule has 0 amide bonds. The molecule has 0 saturated carbocycles. The number of anilines is 6. The lowest BCUT2D eigenvalue weighted by atomic mass is 9.74. The molecule has 0 aliphatic heterocycles. The minimum Gasteiger partial charge on any atom is -0.310 e. The summed E-state index contributed by atoms with van der Waals surface area (Å²) in [5, 5.41) is 0. The van der Waals surface area contributed by atoms with E-state index in [1.807, 2.05) is 0 Å². The fourth-order valence-electron chi connectivity index (χ4n) is 9.47. The van der Waals surface area contributed by atoms with Gasteiger partial charge in [0.25, 0.3) is 0 Å². The molecule has 0 saturated heterocycles. The molecule has 1 atom stereocenters. The van der Waals surface area contributed by atoms with E-state index < -0.39 is 0 Å². The monoisotopic (exact) mass is 706 g/mol. The van der Waals surface area contributed by atoms with Crippen LogP contribution in [0.25, 0.3) is 22.3 Å². The average Bonchev–Trinajstić information content (AvgIpc) is 3.84. The van der Waals surface area contributed by atoms with Crippen LogP contribution in [0.2, 0.25) is 0 Å². The van der Waals surface area contributed by atoms with Gasteiger partial charge in [0.15, 0.2) is 0 Å². The summed E-state index contributed by atoms with van der Waals surface area (Å²) in [5.41, 5.74) is 17.8. The number of hydrogen-bond acceptors (Lipinski definition) is 2. The second-order valence-corrected chi connectivity index (χ2v) is 14.8. The van der Waals surface area contributed by atoms with Gasteiger partial charge < -0.3 is 9.80 Å². The Morgan fingerprint density at radius 2 is 0.727 bits per heavy atom. The summed E-state index contributed by atoms with van der Waals surface area (Å²) in [7, 11) is 0. The van der Waals surface area contributed by atoms with Crippen molar-refractivity contribution in [3.05, 3.63) is 229 Å². The lowest BCUT2D eigenvalue weighted by molar-refractivity contribution is 0.508. The molecular formula is C53H42N2. The Bertz CT molecular complexity index is 2580. The molecule has 10 rings (SSSR count). The van der Waals surface area contributed by atoms with E-state index in [2.05, 4.69) is 216 Å². The molecule has 0 N–H and O–H groups in total. The Morgan fingerprint density at radius 1 is 0.309 bits per heavy atom. The second-order valence-electron chi connectivity index (χ2n) is 14.8. The summed E-state index contributed by atoms with van der Waals surface area (Å²) in [4.78, 5) is 5.03. The van der Waals surface area contributed by atoms with Crippen molar-refractivity contribution < 1.29 is 0 Å². The van der Waals surface area contributed by atoms with Crippen LogP contribution in [-0.4, -0.2) is 0 Å². The predicted molar refractivity (Wildman–Crippen MR) is 231 cm³/mol. The zero-order valence-corrected chi connectivity index (χ0v) is 30.9. The van der Waals surface area contributed by atoms with Crippen molar-refractivity contribution in [2.75, 3.05) is 9.80 Å². The number of fused-ring (bicyclic) bond motifs is 4. The number of benzene rings is 8. The Balaban J connectivity index is 1.18. The fraction of sp³-hybridized carbons (Fsp3) is 0.0943. The Labute approximate surface area is 324 Å². The van der Waals surface area contributed by atoms with Crippen LogP contribution in [0.1, 0.15) is 35.1 Å². The van der Waals surface area contributed by atoms with Crippen molar-refractivity contribution in [1.29, 1.82) is 0 Å². The third kappa shape index (κ3) is 5.73. The quantitative estimate of drug-likeness (QED) is 0.155. The van der Waals surface area contributed by atoms with Gasteiger partial charge in [-0.2, -0.15) is 0 Å². The number of rotatable bonds is 8. The molecule has 1 spiro atoms. The SMILES string of the molecule is c1ccc(-c2ccc(N(c3ccccc3)c3cccc4c3[C@@]3(CC4)CCc4cccc(N(c5ccccc5)c5ccccc5-c5ccccc5)c43)cc2)cc1. The first kappa shape index (κ1) is 33.0. The topological polar surface area (TPSA) is 6.48 Å². The Morgan fingerprint density at radius 3 is 1.31 bits per heavy atom. The Hall–Kier alpha value is -6.64. The van der Waals surface area contributed by atoms with Gasteiger partial charge in [-0.05, 0) is 119 Å². The molecule has 8 aromatic carbocycles. The van der Waals surface area contributed by atoms with Crippen LogP contribution in [0.15, 0.2) is 206 Å². The van der Waals surface area contributed by atoms with Gasteiger partial charge in [-0.15, -0.1) is 0 Å². The third-order valence-corrected chi connectivity index (χ3v) is 11.8. The van der Waals surface area contributed by atoms with Crippen LogP contribution in [0.4, 0.5) is 34.1 Å². The van der Waals surface area contributed by atoms with E-state index in [0.29, 0.717) is 0 Å². The number of aryl methyl sites for hydroxylation is 2. The van der Waals surface area contributed by atoms with Gasteiger partial charge in [0.1, 0.15) is 0 Å². The molecule has 0 aromatic heterocycles. The summed E-state index contributed by atoms with van der Waals surface area (Å²) in [6.07, 6.45) is 4.28. The van der Waals surface area contributed by atoms with Crippen LogP contribution >= 0.6 is 0 Å². The molecule has 0 bridgehead atoms. The predicted octanol–water partition coefficient (Wildman–Crippen LogP) is 14.1. The summed E-state index contributed by atoms with van der Waals surface area (Å²) >= 11 is 0. The van der Waals surface area contributed by atoms with Crippen molar-refractivity contribution in [3.8, 4) is 22.3 Å². The Kier molecular flexibility index (Phi) is 8.37. The maximum absolute atomic E-state index is 2.53. The minimum absolute atomic E-state index is 0.149. The summed E-state index contributed by atoms with van der Waals surface area (Å²) in [6, 6.07) is 75.5. The van der Waals surface area contributed by atoms with Gasteiger partial charge >= 0.3 is 0 Å². The molecule has 0 heterocycles. The molecule has 2 nitrogen and oxygen atoms in total. The van der Waals surface area contributed by atoms with Crippen molar-refractivity contribution in [2.45, 2.75) is 31.1 Å². The van der Waals surface area contributed by atoms with E-state index in [0.717, 1.165) is 37.1 Å². The molecule has 2 aliphatic rings. The average molecular weight is 707 g/mol. The van der Waals surface area contributed by atoms with Crippen molar-refractivity contribution in [2.24, 2.45) is 0 Å². The highest BCUT2D eigenvalue weighted by Crippen LogP contribution is 2.60. The van der Waals surface area contributed by atoms with Crippen LogP contribution < -0.4 is 9.80 Å². The lowest BCUT2D eigenvalue weighted by Crippen LogP contribution is -2.27. The van der Waals surface area contributed by atoms with Crippen LogP contribution in [0, 0.1) is 0 Å². The molecule has 0 radical (unpaired) electrons. The maximum Gasteiger partial charge on any atom is 0.0540 e. The van der Waals surface area contributed by atoms with E-state index in [1.54, 1.807) is 0 Å². The molecule has 264 valence electrons. The first-order valence-electron chi connectivity index (χ1n) is 19.5. The number of hydrogen-bond donors (Lipinski definition) is 0. The van der Waals surface area contributed by atoms with Crippen molar-refractivity contribution in [1.82, 2.24) is 0 Å². The van der Waals surface area contributed by atoms with Crippen LogP contribution in [-0.2, 0) is 18.3 Å². The first-order valence-corrected chi connectivity index (χ1v) is 19.5. The van der Waals surface area contributed by atoms with Gasteiger partial charge in [0, 0.05) is 28.0 Å². The van der Waals surface area contributed by atoms with Gasteiger partial charge in [-0.25, -0.2) is 0 Å². The maximum atomic E-state index is 2.53. The zero-order chi connectivity index (χ0) is 36.6. The molecule has 2 aliphatic carbocycles. The summed E-state index contributed by atoms with van der Waals surface area (Å²) in [5.74, 6) is 0. The van der Waals surface area contributed by atoms with Crippen molar-refractivity contribution >= 4 is 34.1 Å². The van der Waals surface area contributed by atoms with Gasteiger partial charge in [0.05, 0.1) is 17.1 Å². The zero-order valence-electron chi connectivity index (χ0n) is 30.9. The number of nitrogens with zero attached hydrogens (tertiary/aromatic N) is 2. The van der Waals surface area contributed by atoms with E-state index in [1.165, 1.54) is 67.3 Å². The summed E-state index contributed by atoms with van der Waals surface area (Å²) in [6.45, 7) is 0. The van der Waals surface area contributed by atoms with E-state index >= 15 is 0 Å². The van der Waals surface area contributed by atoms with Crippen LogP contribution in [0.5, 0.6) is 0 Å². The molecule has 8 aromatic rings. The molecule has 0 fully saturated rings. The molecule has 2 heteroatoms. The molecule has 0 unspecified atom stereocenters. The van der Waals surface area contributed by atoms with E-state index in [9.17, 15) is 0 Å². The van der Waals surface area contributed by atoms with Crippen LogP contribution in [0.3, 0.4) is 0 Å². The first-order chi connectivity index (χ1) is 27.3. The third-order valence-electron chi connectivity index (χ3n) is 11.8. The fourth-order valence-corrected chi connectivity index (χ4v) is 9.47. The van der Waals surface area contributed by atoms with Gasteiger partial charge in [0.2, 0.25) is 0 Å². The molecule has 55 heavy (non-hydrogen) atoms. The highest BCUT2D eigenvalue weighted by Gasteiger charge is 2.49. The van der Waals surface area contributed by atoms with E-state index in [-0.39, 0.29) is 5.41 Å². The summed E-state index contributed by atoms with van der Waals surface area (Å²) < 4.78 is 0. The van der Waals surface area contributed by atoms with Gasteiger partial charge in [-0.1, -0.05) is 152 Å². The standard InChI is InChI=1S/C53H42N2/c1-5-17-39(18-6-1)40-31-33-46(34-32-40)54(44-23-9-3-10-24-44)49-29-15-21-42-35-37-53(51(42)49)38-36-43-22-16-30-50(52(43)53)55(45-25-11-4-12-26-45)48-28-14-13-27-47(48)41-19-7-2-8-20-41/h1-34H,35-38H2/t53-/m1/s1. The highest BCUT2D eigenvalue weighted by atomic mass is 15.2. The largest absolute Gasteiger partial charge is 0.310 e. The smallest absolute Gasteiger partial charge is 0.0540 e. The highest BCUT2D eigenvalue weighted by molar-refractivity contribution is 5.91. The number of para-hydroxylation sites is 3. The molecular weight excluding hydrogens is 665 g/mol. The van der Waals surface area contributed by atoms with Crippen molar-refractivity contribution in [3.63, 3.8) is 0 Å². The second kappa shape index (κ2) is 14.0. The minimum atomic E-state index is -0.149. The van der Waals surface area contributed by atoms with Gasteiger partial charge in [-0.3, -0.25) is 0 Å².